The molecule has 1 N–H and O–H groups in total. The van der Waals surface area contributed by atoms with Crippen molar-refractivity contribution >= 4 is 12.1 Å². The summed E-state index contributed by atoms with van der Waals surface area (Å²) in [6.45, 7) is 8.38. The molecule has 2 fully saturated rings. The van der Waals surface area contributed by atoms with E-state index >= 15 is 0 Å². The van der Waals surface area contributed by atoms with E-state index < -0.39 is 11.1 Å². The maximum atomic E-state index is 13.8. The van der Waals surface area contributed by atoms with Gasteiger partial charge >= 0.3 is 12.1 Å². The number of ether oxygens (including phenoxy) is 3. The molecule has 1 aromatic rings. The fourth-order valence-corrected chi connectivity index (χ4v) is 6.72. The van der Waals surface area contributed by atoms with Crippen LogP contribution in [0.2, 0.25) is 0 Å². The molecule has 1 spiro atoms. The number of amides is 4. The van der Waals surface area contributed by atoms with Crippen molar-refractivity contribution in [3.8, 4) is 11.5 Å². The molecule has 9 nitrogen and oxygen atoms in total. The number of likely N-dealkylation sites (tertiary alicyclic amines) is 1. The van der Waals surface area contributed by atoms with Crippen LogP contribution in [0.5, 0.6) is 11.5 Å². The van der Waals surface area contributed by atoms with Crippen LogP contribution in [0.25, 0.3) is 0 Å². The van der Waals surface area contributed by atoms with Gasteiger partial charge in [0.1, 0.15) is 17.3 Å². The van der Waals surface area contributed by atoms with E-state index in [9.17, 15) is 9.59 Å². The largest absolute Gasteiger partial charge is 0.497 e. The number of carbonyl (C=O) groups is 2. The Morgan fingerprint density at radius 3 is 2.51 bits per heavy atom. The van der Waals surface area contributed by atoms with Crippen LogP contribution in [0.1, 0.15) is 57.1 Å². The highest BCUT2D eigenvalue weighted by molar-refractivity contribution is 5.83. The monoisotopic (exact) mass is 536 g/mol. The predicted octanol–water partition coefficient (Wildman–Crippen LogP) is 4.76. The van der Waals surface area contributed by atoms with Gasteiger partial charge in [-0.15, -0.1) is 0 Å². The molecule has 9 heteroatoms. The molecule has 0 aromatic heterocycles. The minimum atomic E-state index is -0.507. The summed E-state index contributed by atoms with van der Waals surface area (Å²) in [4.78, 5) is 33.0. The summed E-state index contributed by atoms with van der Waals surface area (Å²) in [6.07, 6.45) is 10.2. The fraction of sp³-hybridized carbons (Fsp3) is 0.533. The number of carbonyl (C=O) groups excluding carboxylic acids is 2. The summed E-state index contributed by atoms with van der Waals surface area (Å²) < 4.78 is 16.6. The fourth-order valence-electron chi connectivity index (χ4n) is 6.72. The number of methoxy groups -OCH3 is 3. The number of rotatable bonds is 5. The highest BCUT2D eigenvalue weighted by Crippen LogP contribution is 2.49. The van der Waals surface area contributed by atoms with Crippen molar-refractivity contribution < 1.29 is 23.8 Å². The van der Waals surface area contributed by atoms with E-state index in [0.29, 0.717) is 51.2 Å². The van der Waals surface area contributed by atoms with Crippen LogP contribution in [0.3, 0.4) is 0 Å². The zero-order valence-corrected chi connectivity index (χ0v) is 23.9. The lowest BCUT2D eigenvalue weighted by Crippen LogP contribution is -2.58. The number of allylic oxidation sites excluding steroid dienone is 2. The van der Waals surface area contributed by atoms with Crippen molar-refractivity contribution in [1.29, 1.82) is 0 Å². The first-order valence-corrected chi connectivity index (χ1v) is 13.7. The number of hydrogen-bond acceptors (Lipinski definition) is 5. The SMILES string of the molecule is CCN1C(=O)N2Cc3cc(OC)cc(OC)c3[C@@H](C)C=C2C12CCN(C(=O)NC1(C)C=C(OC)C=CC1)CC2. The molecule has 2 saturated heterocycles. The standard InChI is InChI=1S/C30H40N4O5/c1-7-34-28(36)33-19-21-16-23(38-5)17-24(39-6)26(21)20(2)15-25(33)30(34)11-13-32(14-12-30)27(35)31-29(3)10-8-9-22(18-29)37-4/h8-9,15-18,20H,7,10-14,19H2,1-6H3,(H,31,35)/t20-,29?/m0/s1. The van der Waals surface area contributed by atoms with Gasteiger partial charge in [0.25, 0.3) is 0 Å². The molecule has 0 bridgehead atoms. The van der Waals surface area contributed by atoms with E-state index in [-0.39, 0.29) is 18.0 Å². The minimum Gasteiger partial charge on any atom is -0.497 e. The third-order valence-corrected chi connectivity index (χ3v) is 8.70. The van der Waals surface area contributed by atoms with Crippen LogP contribution in [-0.4, -0.2) is 78.8 Å². The minimum absolute atomic E-state index is 0.0159. The van der Waals surface area contributed by atoms with Gasteiger partial charge in [0.15, 0.2) is 0 Å². The second-order valence-corrected chi connectivity index (χ2v) is 11.1. The molecule has 0 radical (unpaired) electrons. The van der Waals surface area contributed by atoms with Crippen molar-refractivity contribution in [2.45, 2.75) is 63.6 Å². The van der Waals surface area contributed by atoms with Crippen LogP contribution < -0.4 is 14.8 Å². The third-order valence-electron chi connectivity index (χ3n) is 8.70. The molecule has 39 heavy (non-hydrogen) atoms. The molecule has 1 unspecified atom stereocenters. The summed E-state index contributed by atoms with van der Waals surface area (Å²) >= 11 is 0. The van der Waals surface area contributed by atoms with Gasteiger partial charge in [0.2, 0.25) is 0 Å². The Morgan fingerprint density at radius 2 is 1.87 bits per heavy atom. The molecule has 3 heterocycles. The van der Waals surface area contributed by atoms with Gasteiger partial charge in [0, 0.05) is 42.9 Å². The van der Waals surface area contributed by atoms with Gasteiger partial charge in [-0.05, 0) is 56.9 Å². The summed E-state index contributed by atoms with van der Waals surface area (Å²) in [5.74, 6) is 2.27. The summed E-state index contributed by atoms with van der Waals surface area (Å²) in [7, 11) is 4.94. The van der Waals surface area contributed by atoms with Crippen molar-refractivity contribution in [3.05, 3.63) is 59.0 Å². The molecule has 1 aliphatic carbocycles. The van der Waals surface area contributed by atoms with E-state index in [4.69, 9.17) is 14.2 Å². The summed E-state index contributed by atoms with van der Waals surface area (Å²) in [5, 5.41) is 3.20. The zero-order valence-electron chi connectivity index (χ0n) is 23.9. The molecule has 3 aliphatic heterocycles. The summed E-state index contributed by atoms with van der Waals surface area (Å²) in [6, 6.07) is 3.84. The Labute approximate surface area is 231 Å². The molecule has 4 aliphatic rings. The van der Waals surface area contributed by atoms with E-state index in [1.807, 2.05) is 58.9 Å². The first-order valence-electron chi connectivity index (χ1n) is 13.7. The lowest BCUT2D eigenvalue weighted by atomic mass is 9.82. The highest BCUT2D eigenvalue weighted by Gasteiger charge is 2.55. The van der Waals surface area contributed by atoms with Crippen molar-refractivity contribution in [2.75, 3.05) is 41.0 Å². The molecule has 210 valence electrons. The van der Waals surface area contributed by atoms with Crippen LogP contribution in [0.4, 0.5) is 9.59 Å². The van der Waals surface area contributed by atoms with E-state index in [0.717, 1.165) is 28.3 Å². The number of nitrogens with zero attached hydrogens (tertiary/aromatic N) is 3. The Bertz CT molecular complexity index is 1250. The second-order valence-electron chi connectivity index (χ2n) is 11.1. The number of benzene rings is 1. The number of urea groups is 2. The van der Waals surface area contributed by atoms with Gasteiger partial charge in [0.05, 0.1) is 39.0 Å². The van der Waals surface area contributed by atoms with Crippen molar-refractivity contribution in [3.63, 3.8) is 0 Å². The predicted molar refractivity (Wildman–Crippen MR) is 149 cm³/mol. The van der Waals surface area contributed by atoms with Gasteiger partial charge in [-0.3, -0.25) is 4.90 Å². The highest BCUT2D eigenvalue weighted by atomic mass is 16.5. The van der Waals surface area contributed by atoms with Crippen LogP contribution in [-0.2, 0) is 11.3 Å². The molecule has 5 rings (SSSR count). The van der Waals surface area contributed by atoms with Crippen molar-refractivity contribution in [1.82, 2.24) is 20.0 Å². The maximum Gasteiger partial charge on any atom is 0.325 e. The van der Waals surface area contributed by atoms with E-state index in [1.54, 1.807) is 21.3 Å². The zero-order chi connectivity index (χ0) is 27.9. The Morgan fingerprint density at radius 1 is 1.13 bits per heavy atom. The Kier molecular flexibility index (Phi) is 7.03. The number of fused-ring (bicyclic) bond motifs is 3. The molecule has 1 aromatic carbocycles. The van der Waals surface area contributed by atoms with Gasteiger partial charge in [-0.2, -0.15) is 0 Å². The number of nitrogens with one attached hydrogen (secondary N) is 1. The Balaban J connectivity index is 1.40. The molecular weight excluding hydrogens is 496 g/mol. The third kappa shape index (κ3) is 4.51. The molecule has 2 atom stereocenters. The van der Waals surface area contributed by atoms with Crippen molar-refractivity contribution in [2.24, 2.45) is 0 Å². The quantitative estimate of drug-likeness (QED) is 0.587. The normalized spacial score (nSPS) is 25.4. The van der Waals surface area contributed by atoms with Gasteiger partial charge < -0.3 is 29.3 Å². The summed E-state index contributed by atoms with van der Waals surface area (Å²) in [5.41, 5.74) is 2.20. The van der Waals surface area contributed by atoms with Crippen LogP contribution >= 0.6 is 0 Å². The molecule has 0 saturated carbocycles. The van der Waals surface area contributed by atoms with Crippen LogP contribution in [0, 0.1) is 0 Å². The Hall–Kier alpha value is -3.62. The average molecular weight is 537 g/mol. The number of hydrogen-bond donors (Lipinski definition) is 1. The topological polar surface area (TPSA) is 83.6 Å². The molecular formula is C30H40N4O5. The number of likely N-dealkylation sites (N-methyl/N-ethyl adjacent to an activating group) is 1. The molecule has 4 amide bonds. The lowest BCUT2D eigenvalue weighted by molar-refractivity contribution is 0.101. The smallest absolute Gasteiger partial charge is 0.325 e. The van der Waals surface area contributed by atoms with Gasteiger partial charge in [-0.25, -0.2) is 9.59 Å². The lowest BCUT2D eigenvalue weighted by Gasteiger charge is -2.45. The first-order chi connectivity index (χ1) is 18.7. The van der Waals surface area contributed by atoms with E-state index in [2.05, 4.69) is 18.3 Å². The average Bonchev–Trinajstić information content (AvgIpc) is 3.03. The van der Waals surface area contributed by atoms with Crippen LogP contribution in [0.15, 0.2) is 47.9 Å². The maximum absolute atomic E-state index is 13.8. The number of piperidine rings is 1. The second kappa shape index (κ2) is 10.2. The van der Waals surface area contributed by atoms with E-state index in [1.165, 1.54) is 0 Å². The van der Waals surface area contributed by atoms with Gasteiger partial charge in [-0.1, -0.05) is 19.1 Å². The first kappa shape index (κ1) is 27.0.